The molecule has 2 N–H and O–H groups in total. The van der Waals surface area contributed by atoms with E-state index in [0.29, 0.717) is 13.0 Å². The summed E-state index contributed by atoms with van der Waals surface area (Å²) in [5, 5.41) is 0. The molecule has 0 fully saturated rings. The number of nitrogens with two attached hydrogens (primary N) is 1. The van der Waals surface area contributed by atoms with Crippen LogP contribution in [0.15, 0.2) is 24.3 Å². The van der Waals surface area contributed by atoms with Crippen LogP contribution in [0.1, 0.15) is 69.8 Å². The number of Topliss-reactive ketones (excluding diaryl/α,β-unsaturated/α-hetero) is 1. The number of ketones is 1. The first kappa shape index (κ1) is 16.9. The van der Waals surface area contributed by atoms with Crippen LogP contribution in [0.25, 0.3) is 0 Å². The van der Waals surface area contributed by atoms with Crippen molar-refractivity contribution < 1.29 is 4.79 Å². The molecule has 0 aromatic heterocycles. The van der Waals surface area contributed by atoms with E-state index in [1.165, 1.54) is 5.56 Å². The zero-order valence-electron chi connectivity index (χ0n) is 13.6. The molecule has 0 unspecified atom stereocenters. The Balaban J connectivity index is 2.65. The third-order valence-electron chi connectivity index (χ3n) is 3.92. The molecule has 0 aliphatic heterocycles. The summed E-state index contributed by atoms with van der Waals surface area (Å²) < 4.78 is 0. The molecule has 0 saturated carbocycles. The van der Waals surface area contributed by atoms with E-state index < -0.39 is 0 Å². The van der Waals surface area contributed by atoms with Gasteiger partial charge < -0.3 is 5.73 Å². The Bertz CT molecular complexity index is 437. The molecule has 2 nitrogen and oxygen atoms in total. The molecule has 0 amide bonds. The summed E-state index contributed by atoms with van der Waals surface area (Å²) in [6.07, 6.45) is 2.45. The number of carbonyl (C=O) groups excluding carboxylic acids is 1. The van der Waals surface area contributed by atoms with E-state index in [0.717, 1.165) is 18.4 Å². The highest BCUT2D eigenvalue weighted by molar-refractivity contribution is 5.96. The minimum Gasteiger partial charge on any atom is -0.330 e. The summed E-state index contributed by atoms with van der Waals surface area (Å²) in [7, 11) is 0. The van der Waals surface area contributed by atoms with Gasteiger partial charge in [-0.25, -0.2) is 0 Å². The number of hydrogen-bond acceptors (Lipinski definition) is 2. The van der Waals surface area contributed by atoms with E-state index in [2.05, 4.69) is 46.8 Å². The van der Waals surface area contributed by atoms with Crippen LogP contribution >= 0.6 is 0 Å². The monoisotopic (exact) mass is 275 g/mol. The molecule has 0 bridgehead atoms. The average Bonchev–Trinajstić information content (AvgIpc) is 2.35. The third kappa shape index (κ3) is 5.09. The number of hydrogen-bond donors (Lipinski definition) is 1. The molecule has 0 aliphatic rings. The van der Waals surface area contributed by atoms with E-state index in [1.807, 2.05) is 12.1 Å². The van der Waals surface area contributed by atoms with Gasteiger partial charge in [0.1, 0.15) is 0 Å². The summed E-state index contributed by atoms with van der Waals surface area (Å²) in [5.74, 6) is 0.232. The lowest BCUT2D eigenvalue weighted by Crippen LogP contribution is -2.18. The molecule has 2 heteroatoms. The van der Waals surface area contributed by atoms with Crippen LogP contribution < -0.4 is 5.73 Å². The first-order chi connectivity index (χ1) is 9.15. The Morgan fingerprint density at radius 2 is 1.55 bits per heavy atom. The molecule has 0 radical (unpaired) electrons. The highest BCUT2D eigenvalue weighted by Gasteiger charge is 2.19. The normalized spacial score (nSPS) is 12.5. The largest absolute Gasteiger partial charge is 0.330 e. The molecule has 0 heterocycles. The van der Waals surface area contributed by atoms with Crippen molar-refractivity contribution in [2.75, 3.05) is 6.54 Å². The second kappa shape index (κ2) is 6.53. The van der Waals surface area contributed by atoms with Gasteiger partial charge in [0.2, 0.25) is 0 Å². The molecular formula is C18H29NO. The number of rotatable bonds is 6. The minimum atomic E-state index is 0.130. The molecule has 1 aromatic rings. The lowest BCUT2D eigenvalue weighted by Gasteiger charge is -2.23. The van der Waals surface area contributed by atoms with Gasteiger partial charge in [0.05, 0.1) is 0 Å². The maximum Gasteiger partial charge on any atom is 0.162 e. The van der Waals surface area contributed by atoms with E-state index in [1.54, 1.807) is 0 Å². The molecule has 20 heavy (non-hydrogen) atoms. The first-order valence-corrected chi connectivity index (χ1v) is 7.49. The van der Waals surface area contributed by atoms with Gasteiger partial charge in [-0.2, -0.15) is 0 Å². The predicted octanol–water partition coefficient (Wildman–Crippen LogP) is 4.32. The van der Waals surface area contributed by atoms with E-state index >= 15 is 0 Å². The topological polar surface area (TPSA) is 43.1 Å². The summed E-state index contributed by atoms with van der Waals surface area (Å²) in [6, 6.07) is 8.05. The molecule has 1 aromatic carbocycles. The molecule has 0 atom stereocenters. The Morgan fingerprint density at radius 1 is 1.00 bits per heavy atom. The van der Waals surface area contributed by atoms with Gasteiger partial charge in [0.15, 0.2) is 5.78 Å². The zero-order valence-corrected chi connectivity index (χ0v) is 13.6. The van der Waals surface area contributed by atoms with Gasteiger partial charge in [0, 0.05) is 12.0 Å². The smallest absolute Gasteiger partial charge is 0.162 e. The van der Waals surface area contributed by atoms with Gasteiger partial charge in [-0.1, -0.05) is 58.9 Å². The third-order valence-corrected chi connectivity index (χ3v) is 3.92. The van der Waals surface area contributed by atoms with Crippen LogP contribution in [0.2, 0.25) is 0 Å². The predicted molar refractivity (Wildman–Crippen MR) is 86.2 cm³/mol. The van der Waals surface area contributed by atoms with Crippen LogP contribution in [-0.2, 0) is 5.41 Å². The maximum absolute atomic E-state index is 12.2. The molecule has 112 valence electrons. The van der Waals surface area contributed by atoms with Gasteiger partial charge in [0.25, 0.3) is 0 Å². The second-order valence-corrected chi connectivity index (χ2v) is 7.45. The van der Waals surface area contributed by atoms with E-state index in [-0.39, 0.29) is 16.6 Å². The Morgan fingerprint density at radius 3 is 2.00 bits per heavy atom. The number of benzene rings is 1. The number of carbonyl (C=O) groups is 1. The highest BCUT2D eigenvalue weighted by Crippen LogP contribution is 2.27. The Hall–Kier alpha value is -1.15. The van der Waals surface area contributed by atoms with Crippen molar-refractivity contribution >= 4 is 5.78 Å². The fourth-order valence-corrected chi connectivity index (χ4v) is 2.27. The lowest BCUT2D eigenvalue weighted by molar-refractivity contribution is 0.0961. The summed E-state index contributed by atoms with van der Waals surface area (Å²) in [4.78, 5) is 12.2. The zero-order chi connectivity index (χ0) is 15.4. The van der Waals surface area contributed by atoms with Crippen LogP contribution in [0, 0.1) is 5.41 Å². The average molecular weight is 275 g/mol. The molecular weight excluding hydrogens is 246 g/mol. The van der Waals surface area contributed by atoms with Crippen molar-refractivity contribution in [2.24, 2.45) is 11.1 Å². The Kier molecular flexibility index (Phi) is 5.52. The fourth-order valence-electron chi connectivity index (χ4n) is 2.27. The quantitative estimate of drug-likeness (QED) is 0.786. The maximum atomic E-state index is 12.2. The fraction of sp³-hybridized carbons (Fsp3) is 0.611. The van der Waals surface area contributed by atoms with Crippen LogP contribution in [0.3, 0.4) is 0 Å². The van der Waals surface area contributed by atoms with Crippen LogP contribution in [-0.4, -0.2) is 12.3 Å². The van der Waals surface area contributed by atoms with Gasteiger partial charge >= 0.3 is 0 Å². The van der Waals surface area contributed by atoms with Crippen molar-refractivity contribution in [3.8, 4) is 0 Å². The molecule has 0 saturated heterocycles. The minimum absolute atomic E-state index is 0.130. The van der Waals surface area contributed by atoms with Crippen LogP contribution in [0.5, 0.6) is 0 Å². The Labute approximate surface area is 123 Å². The second-order valence-electron chi connectivity index (χ2n) is 7.45. The van der Waals surface area contributed by atoms with Gasteiger partial charge in [-0.3, -0.25) is 4.79 Å². The molecule has 1 rings (SSSR count). The molecule has 0 spiro atoms. The highest BCUT2D eigenvalue weighted by atomic mass is 16.1. The van der Waals surface area contributed by atoms with Crippen molar-refractivity contribution in [3.63, 3.8) is 0 Å². The van der Waals surface area contributed by atoms with E-state index in [4.69, 9.17) is 5.73 Å². The van der Waals surface area contributed by atoms with Crippen molar-refractivity contribution in [2.45, 2.75) is 59.3 Å². The van der Waals surface area contributed by atoms with Crippen molar-refractivity contribution in [1.29, 1.82) is 0 Å². The van der Waals surface area contributed by atoms with Crippen molar-refractivity contribution in [3.05, 3.63) is 35.4 Å². The van der Waals surface area contributed by atoms with Gasteiger partial charge in [-0.05, 0) is 35.8 Å². The van der Waals surface area contributed by atoms with Crippen molar-refractivity contribution in [1.82, 2.24) is 0 Å². The van der Waals surface area contributed by atoms with Crippen LogP contribution in [0.4, 0.5) is 0 Å². The summed E-state index contributed by atoms with van der Waals surface area (Å²) >= 11 is 0. The SMILES string of the molecule is CC(C)(CCN)CCC(=O)c1ccc(C(C)(C)C)cc1. The standard InChI is InChI=1S/C18H29NO/c1-17(2,3)15-8-6-14(7-9-15)16(20)10-11-18(4,5)12-13-19/h6-9H,10-13,19H2,1-5H3. The van der Waals surface area contributed by atoms with Gasteiger partial charge in [-0.15, -0.1) is 0 Å². The summed E-state index contributed by atoms with van der Waals surface area (Å²) in [6.45, 7) is 11.6. The lowest BCUT2D eigenvalue weighted by atomic mass is 9.82. The van der Waals surface area contributed by atoms with E-state index in [9.17, 15) is 4.79 Å². The summed E-state index contributed by atoms with van der Waals surface area (Å²) in [5.41, 5.74) is 7.97. The molecule has 0 aliphatic carbocycles. The first-order valence-electron chi connectivity index (χ1n) is 7.49.